The summed E-state index contributed by atoms with van der Waals surface area (Å²) in [6, 6.07) is 6.17. The molecule has 4 heteroatoms. The summed E-state index contributed by atoms with van der Waals surface area (Å²) in [7, 11) is 0. The predicted molar refractivity (Wildman–Crippen MR) is 85.2 cm³/mol. The predicted octanol–water partition coefficient (Wildman–Crippen LogP) is 4.66. The van der Waals surface area contributed by atoms with Crippen LogP contribution in [0.2, 0.25) is 10.0 Å². The third-order valence-corrected chi connectivity index (χ3v) is 4.08. The van der Waals surface area contributed by atoms with Gasteiger partial charge in [-0.3, -0.25) is 0 Å². The molecule has 1 aromatic rings. The van der Waals surface area contributed by atoms with Crippen molar-refractivity contribution in [3.63, 3.8) is 0 Å². The summed E-state index contributed by atoms with van der Waals surface area (Å²) in [6.07, 6.45) is 5.40. The molecule has 0 radical (unpaired) electrons. The highest BCUT2D eigenvalue weighted by atomic mass is 35.5. The molecule has 0 bridgehead atoms. The van der Waals surface area contributed by atoms with Gasteiger partial charge in [0.05, 0.1) is 0 Å². The van der Waals surface area contributed by atoms with Crippen LogP contribution in [0.1, 0.15) is 25.3 Å². The van der Waals surface area contributed by atoms with Gasteiger partial charge in [-0.15, -0.1) is 0 Å². The molecule has 0 spiro atoms. The van der Waals surface area contributed by atoms with Crippen molar-refractivity contribution in [2.24, 2.45) is 0 Å². The van der Waals surface area contributed by atoms with E-state index in [1.807, 2.05) is 30.0 Å². The first-order chi connectivity index (χ1) is 8.67. The molecule has 0 aromatic heterocycles. The maximum Gasteiger partial charge on any atom is 0.0439 e. The number of thioether (sulfide) groups is 1. The lowest BCUT2D eigenvalue weighted by atomic mass is 10.0. The second kappa shape index (κ2) is 9.08. The maximum atomic E-state index is 6.22. The van der Waals surface area contributed by atoms with E-state index >= 15 is 0 Å². The zero-order valence-corrected chi connectivity index (χ0v) is 13.3. The molecule has 0 heterocycles. The highest BCUT2D eigenvalue weighted by molar-refractivity contribution is 7.98. The normalized spacial score (nSPS) is 12.7. The fourth-order valence-electron chi connectivity index (χ4n) is 1.85. The van der Waals surface area contributed by atoms with Crippen molar-refractivity contribution in [2.45, 2.75) is 32.2 Å². The van der Waals surface area contributed by atoms with Crippen LogP contribution in [0.3, 0.4) is 0 Å². The van der Waals surface area contributed by atoms with Gasteiger partial charge in [0.2, 0.25) is 0 Å². The van der Waals surface area contributed by atoms with Gasteiger partial charge in [-0.25, -0.2) is 0 Å². The van der Waals surface area contributed by atoms with Gasteiger partial charge < -0.3 is 5.32 Å². The topological polar surface area (TPSA) is 12.0 Å². The smallest absolute Gasteiger partial charge is 0.0439 e. The van der Waals surface area contributed by atoms with Gasteiger partial charge in [-0.2, -0.15) is 11.8 Å². The van der Waals surface area contributed by atoms with Gasteiger partial charge in [-0.05, 0) is 61.6 Å². The van der Waals surface area contributed by atoms with E-state index in [0.29, 0.717) is 6.04 Å². The Labute approximate surface area is 125 Å². The molecule has 18 heavy (non-hydrogen) atoms. The minimum atomic E-state index is 0.480. The second-order valence-corrected chi connectivity index (χ2v) is 6.20. The first-order valence-corrected chi connectivity index (χ1v) is 8.48. The maximum absolute atomic E-state index is 6.22. The van der Waals surface area contributed by atoms with Crippen LogP contribution in [0, 0.1) is 0 Å². The molecule has 0 aliphatic carbocycles. The minimum Gasteiger partial charge on any atom is -0.314 e. The molecule has 0 saturated heterocycles. The number of benzene rings is 1. The van der Waals surface area contributed by atoms with Crippen LogP contribution in [0.25, 0.3) is 0 Å². The van der Waals surface area contributed by atoms with E-state index in [-0.39, 0.29) is 0 Å². The molecule has 1 unspecified atom stereocenters. The Morgan fingerprint density at radius 3 is 2.78 bits per heavy atom. The summed E-state index contributed by atoms with van der Waals surface area (Å²) in [5.74, 6) is 1.17. The summed E-state index contributed by atoms with van der Waals surface area (Å²) in [5, 5.41) is 5.15. The van der Waals surface area contributed by atoms with E-state index in [1.54, 1.807) is 0 Å². The van der Waals surface area contributed by atoms with Crippen LogP contribution < -0.4 is 5.32 Å². The van der Waals surface area contributed by atoms with Crippen LogP contribution in [0.15, 0.2) is 18.2 Å². The van der Waals surface area contributed by atoms with Gasteiger partial charge in [0, 0.05) is 16.1 Å². The van der Waals surface area contributed by atoms with E-state index in [9.17, 15) is 0 Å². The first-order valence-electron chi connectivity index (χ1n) is 6.33. The molecular weight excluding hydrogens is 285 g/mol. The summed E-state index contributed by atoms with van der Waals surface area (Å²) in [5.41, 5.74) is 1.14. The van der Waals surface area contributed by atoms with Crippen molar-refractivity contribution >= 4 is 35.0 Å². The fraction of sp³-hybridized carbons (Fsp3) is 0.571. The molecule has 0 fully saturated rings. The molecule has 1 N–H and O–H groups in total. The van der Waals surface area contributed by atoms with Crippen molar-refractivity contribution in [1.82, 2.24) is 5.32 Å². The molecule has 0 saturated carbocycles. The van der Waals surface area contributed by atoms with E-state index in [0.717, 1.165) is 41.4 Å². The molecule has 0 amide bonds. The van der Waals surface area contributed by atoms with Crippen LogP contribution in [0.4, 0.5) is 0 Å². The summed E-state index contributed by atoms with van der Waals surface area (Å²) < 4.78 is 0. The minimum absolute atomic E-state index is 0.480. The third-order valence-electron chi connectivity index (χ3n) is 2.83. The van der Waals surface area contributed by atoms with Gasteiger partial charge >= 0.3 is 0 Å². The number of hydrogen-bond acceptors (Lipinski definition) is 2. The number of nitrogens with one attached hydrogen (secondary N) is 1. The number of halogens is 2. The average molecular weight is 306 g/mol. The van der Waals surface area contributed by atoms with Crippen molar-refractivity contribution in [3.05, 3.63) is 33.8 Å². The lowest BCUT2D eigenvalue weighted by Crippen LogP contribution is -2.32. The van der Waals surface area contributed by atoms with Gasteiger partial charge in [-0.1, -0.05) is 30.1 Å². The molecule has 0 aliphatic heterocycles. The molecule has 1 atom stereocenters. The van der Waals surface area contributed by atoms with Gasteiger partial charge in [0.15, 0.2) is 0 Å². The van der Waals surface area contributed by atoms with Crippen LogP contribution >= 0.6 is 35.0 Å². The lowest BCUT2D eigenvalue weighted by molar-refractivity contribution is 0.498. The number of hydrogen-bond donors (Lipinski definition) is 1. The lowest BCUT2D eigenvalue weighted by Gasteiger charge is -2.19. The van der Waals surface area contributed by atoms with Crippen molar-refractivity contribution in [3.8, 4) is 0 Å². The van der Waals surface area contributed by atoms with Crippen LogP contribution in [-0.2, 0) is 6.42 Å². The van der Waals surface area contributed by atoms with Crippen LogP contribution in [-0.4, -0.2) is 24.6 Å². The number of rotatable bonds is 8. The summed E-state index contributed by atoms with van der Waals surface area (Å²) in [4.78, 5) is 0. The molecule has 1 aromatic carbocycles. The Balaban J connectivity index is 2.65. The largest absolute Gasteiger partial charge is 0.314 e. The van der Waals surface area contributed by atoms with E-state index in [1.165, 1.54) is 5.75 Å². The standard InChI is InChI=1S/C14H21Cl2NS/c1-3-7-17-13(6-8-18-2)10-11-9-12(15)4-5-14(11)16/h4-5,9,13,17H,3,6-8,10H2,1-2H3. The molecule has 1 nitrogen and oxygen atoms in total. The van der Waals surface area contributed by atoms with Gasteiger partial charge in [0.1, 0.15) is 0 Å². The molecular formula is C14H21Cl2NS. The molecule has 102 valence electrons. The fourth-order valence-corrected chi connectivity index (χ4v) is 2.76. The average Bonchev–Trinajstić information content (AvgIpc) is 2.37. The highest BCUT2D eigenvalue weighted by Gasteiger charge is 2.11. The Bertz CT molecular complexity index is 350. The second-order valence-electron chi connectivity index (χ2n) is 4.37. The quantitative estimate of drug-likeness (QED) is 0.750. The monoisotopic (exact) mass is 305 g/mol. The highest BCUT2D eigenvalue weighted by Crippen LogP contribution is 2.22. The van der Waals surface area contributed by atoms with Crippen molar-refractivity contribution < 1.29 is 0 Å². The summed E-state index contributed by atoms with van der Waals surface area (Å²) >= 11 is 14.1. The first kappa shape index (κ1) is 16.2. The van der Waals surface area contributed by atoms with Crippen molar-refractivity contribution in [2.75, 3.05) is 18.6 Å². The Hall–Kier alpha value is 0.110. The molecule has 1 rings (SSSR count). The third kappa shape index (κ3) is 5.83. The Morgan fingerprint density at radius 2 is 2.11 bits per heavy atom. The zero-order chi connectivity index (χ0) is 13.4. The van der Waals surface area contributed by atoms with Crippen molar-refractivity contribution in [1.29, 1.82) is 0 Å². The van der Waals surface area contributed by atoms with Crippen LogP contribution in [0.5, 0.6) is 0 Å². The molecule has 0 aliphatic rings. The SMILES string of the molecule is CCCNC(CCSC)Cc1cc(Cl)ccc1Cl. The Morgan fingerprint density at radius 1 is 1.33 bits per heavy atom. The van der Waals surface area contributed by atoms with E-state index in [2.05, 4.69) is 18.5 Å². The van der Waals surface area contributed by atoms with Gasteiger partial charge in [0.25, 0.3) is 0 Å². The summed E-state index contributed by atoms with van der Waals surface area (Å²) in [6.45, 7) is 3.24. The zero-order valence-electron chi connectivity index (χ0n) is 11.0. The van der Waals surface area contributed by atoms with E-state index < -0.39 is 0 Å². The Kier molecular flexibility index (Phi) is 8.16. The van der Waals surface area contributed by atoms with E-state index in [4.69, 9.17) is 23.2 Å².